The molecule has 3 heterocycles. The van der Waals surface area contributed by atoms with Gasteiger partial charge >= 0.3 is 0 Å². The van der Waals surface area contributed by atoms with Crippen LogP contribution in [0.5, 0.6) is 0 Å². The number of unbranched alkanes of at least 4 members (excludes halogenated alkanes) is 1. The van der Waals surface area contributed by atoms with Crippen molar-refractivity contribution in [1.82, 2.24) is 25.3 Å². The molecule has 1 saturated heterocycles. The fourth-order valence-corrected chi connectivity index (χ4v) is 4.68. The Morgan fingerprint density at radius 3 is 2.85 bits per heavy atom. The van der Waals surface area contributed by atoms with E-state index in [2.05, 4.69) is 67.5 Å². The lowest BCUT2D eigenvalue weighted by Crippen LogP contribution is -2.44. The van der Waals surface area contributed by atoms with Crippen LogP contribution in [0.4, 0.5) is 5.82 Å². The molecule has 1 fully saturated rings. The van der Waals surface area contributed by atoms with Crippen LogP contribution in [0.25, 0.3) is 11.1 Å². The second-order valence-electron chi connectivity index (χ2n) is 9.19. The number of rotatable bonds is 11. The molecule has 1 amide bonds. The van der Waals surface area contributed by atoms with Crippen molar-refractivity contribution >= 4 is 22.8 Å². The van der Waals surface area contributed by atoms with E-state index in [1.807, 2.05) is 6.92 Å². The lowest BCUT2D eigenvalue weighted by Gasteiger charge is -2.33. The number of nitrogens with one attached hydrogen (secondary N) is 1. The average molecular weight is 465 g/mol. The number of hydrogen-bond acceptors (Lipinski definition) is 7. The zero-order valence-corrected chi connectivity index (χ0v) is 20.4. The highest BCUT2D eigenvalue weighted by Gasteiger charge is 2.28. The second-order valence-corrected chi connectivity index (χ2v) is 9.19. The van der Waals surface area contributed by atoms with Crippen LogP contribution >= 0.6 is 0 Å². The summed E-state index contributed by atoms with van der Waals surface area (Å²) in [5.41, 5.74) is 2.62. The van der Waals surface area contributed by atoms with Gasteiger partial charge in [-0.15, -0.1) is 0 Å². The van der Waals surface area contributed by atoms with Gasteiger partial charge in [0.05, 0.1) is 11.6 Å². The third kappa shape index (κ3) is 6.11. The molecule has 2 aromatic heterocycles. The monoisotopic (exact) mass is 464 g/mol. The van der Waals surface area contributed by atoms with E-state index in [0.717, 1.165) is 62.3 Å². The number of carbonyl (C=O) groups excluding carboxylic acids is 1. The Balaban J connectivity index is 1.27. The van der Waals surface area contributed by atoms with E-state index in [1.165, 1.54) is 24.7 Å². The van der Waals surface area contributed by atoms with Gasteiger partial charge in [0.15, 0.2) is 0 Å². The maximum absolute atomic E-state index is 12.9. The summed E-state index contributed by atoms with van der Waals surface area (Å²) in [5, 5.41) is 8.06. The maximum atomic E-state index is 12.9. The Hall–Kier alpha value is -3.00. The Labute approximate surface area is 201 Å². The summed E-state index contributed by atoms with van der Waals surface area (Å²) in [7, 11) is 0. The van der Waals surface area contributed by atoms with Gasteiger partial charge in [-0.05, 0) is 44.7 Å². The summed E-state index contributed by atoms with van der Waals surface area (Å²) < 4.78 is 5.29. The Bertz CT molecular complexity index is 1050. The molecule has 0 radical (unpaired) electrons. The third-order valence-electron chi connectivity index (χ3n) is 6.54. The van der Waals surface area contributed by atoms with Crippen LogP contribution in [0.1, 0.15) is 50.3 Å². The summed E-state index contributed by atoms with van der Waals surface area (Å²) >= 11 is 0. The zero-order chi connectivity index (χ0) is 23.8. The second kappa shape index (κ2) is 11.9. The normalized spacial score (nSPS) is 16.3. The number of aryl methyl sites for hydroxylation is 1. The number of nitrogens with zero attached hydrogens (tertiary/aromatic N) is 5. The molecule has 1 aromatic carbocycles. The number of hydrogen-bond donors (Lipinski definition) is 1. The van der Waals surface area contributed by atoms with Gasteiger partial charge in [-0.3, -0.25) is 9.69 Å². The molecule has 0 spiro atoms. The number of aromatic nitrogens is 3. The van der Waals surface area contributed by atoms with Crippen molar-refractivity contribution in [2.75, 3.05) is 37.6 Å². The van der Waals surface area contributed by atoms with Crippen molar-refractivity contribution in [1.29, 1.82) is 0 Å². The third-order valence-corrected chi connectivity index (χ3v) is 6.54. The van der Waals surface area contributed by atoms with Gasteiger partial charge in [-0.2, -0.15) is 4.98 Å². The molecule has 1 aliphatic heterocycles. The molecular weight excluding hydrogens is 428 g/mol. The zero-order valence-electron chi connectivity index (χ0n) is 20.4. The number of fused-ring (bicyclic) bond motifs is 1. The van der Waals surface area contributed by atoms with Crippen molar-refractivity contribution in [3.63, 3.8) is 0 Å². The lowest BCUT2D eigenvalue weighted by molar-refractivity contribution is -0.125. The van der Waals surface area contributed by atoms with Crippen LogP contribution in [0.3, 0.4) is 0 Å². The minimum Gasteiger partial charge on any atom is -0.356 e. The summed E-state index contributed by atoms with van der Waals surface area (Å²) in [6.45, 7) is 9.38. The van der Waals surface area contributed by atoms with E-state index < -0.39 is 0 Å². The first-order valence-electron chi connectivity index (χ1n) is 12.5. The van der Waals surface area contributed by atoms with E-state index in [1.54, 1.807) is 0 Å². The highest BCUT2D eigenvalue weighted by Crippen LogP contribution is 2.29. The lowest BCUT2D eigenvalue weighted by atomic mass is 9.97. The predicted molar refractivity (Wildman–Crippen MR) is 134 cm³/mol. The molecular formula is C26H36N6O2. The molecule has 4 rings (SSSR count). The van der Waals surface area contributed by atoms with Gasteiger partial charge in [0.25, 0.3) is 5.71 Å². The molecule has 8 nitrogen and oxygen atoms in total. The van der Waals surface area contributed by atoms with E-state index in [9.17, 15) is 4.79 Å². The Kier molecular flexibility index (Phi) is 8.46. The molecule has 1 N–H and O–H groups in total. The van der Waals surface area contributed by atoms with Crippen molar-refractivity contribution < 1.29 is 9.32 Å². The van der Waals surface area contributed by atoms with Crippen molar-refractivity contribution in [3.05, 3.63) is 47.9 Å². The Morgan fingerprint density at radius 2 is 2.03 bits per heavy atom. The number of amides is 1. The first kappa shape index (κ1) is 24.1. The van der Waals surface area contributed by atoms with E-state index in [0.29, 0.717) is 18.8 Å². The first-order valence-corrected chi connectivity index (χ1v) is 12.5. The molecule has 1 unspecified atom stereocenters. The smallest absolute Gasteiger partial charge is 0.263 e. The fraction of sp³-hybridized carbons (Fsp3) is 0.538. The standard InChI is InChI=1S/C26H36N6O2/c1-3-4-14-31(17-21-10-6-5-7-11-21)15-9-13-27-25(33)22-12-8-16-32(18-22)24-23-20(2)30-34-26(23)29-19-28-24/h5-7,10-11,19,22H,3-4,8-9,12-18H2,1-2H3,(H,27,33). The van der Waals surface area contributed by atoms with Crippen LogP contribution in [-0.2, 0) is 11.3 Å². The topological polar surface area (TPSA) is 87.4 Å². The van der Waals surface area contributed by atoms with Crippen LogP contribution in [0.2, 0.25) is 0 Å². The van der Waals surface area contributed by atoms with Gasteiger partial charge in [0.1, 0.15) is 17.5 Å². The molecule has 0 saturated carbocycles. The van der Waals surface area contributed by atoms with Gasteiger partial charge in [0.2, 0.25) is 5.91 Å². The van der Waals surface area contributed by atoms with E-state index in [4.69, 9.17) is 4.52 Å². The van der Waals surface area contributed by atoms with E-state index >= 15 is 0 Å². The molecule has 1 aliphatic rings. The van der Waals surface area contributed by atoms with Crippen molar-refractivity contribution in [3.8, 4) is 0 Å². The predicted octanol–water partition coefficient (Wildman–Crippen LogP) is 3.95. The van der Waals surface area contributed by atoms with E-state index in [-0.39, 0.29) is 11.8 Å². The largest absolute Gasteiger partial charge is 0.356 e. The van der Waals surface area contributed by atoms with Crippen molar-refractivity contribution in [2.24, 2.45) is 5.92 Å². The van der Waals surface area contributed by atoms with Crippen LogP contribution in [0, 0.1) is 12.8 Å². The van der Waals surface area contributed by atoms with Crippen LogP contribution < -0.4 is 10.2 Å². The summed E-state index contributed by atoms with van der Waals surface area (Å²) in [4.78, 5) is 26.3. The minimum absolute atomic E-state index is 0.0422. The van der Waals surface area contributed by atoms with Gasteiger partial charge < -0.3 is 14.7 Å². The summed E-state index contributed by atoms with van der Waals surface area (Å²) in [6.07, 6.45) is 6.69. The number of piperidine rings is 1. The molecule has 3 aromatic rings. The fourth-order valence-electron chi connectivity index (χ4n) is 4.68. The summed E-state index contributed by atoms with van der Waals surface area (Å²) in [5.74, 6) is 0.911. The Morgan fingerprint density at radius 1 is 1.21 bits per heavy atom. The first-order chi connectivity index (χ1) is 16.7. The molecule has 182 valence electrons. The molecule has 1 atom stereocenters. The number of carbonyl (C=O) groups is 1. The van der Waals surface area contributed by atoms with Gasteiger partial charge in [-0.25, -0.2) is 4.98 Å². The minimum atomic E-state index is -0.0422. The SMILES string of the molecule is CCCCN(CCCNC(=O)C1CCCN(c2ncnc3onc(C)c23)C1)Cc1ccccc1. The van der Waals surface area contributed by atoms with Gasteiger partial charge in [-0.1, -0.05) is 48.8 Å². The molecule has 0 bridgehead atoms. The molecule has 0 aliphatic carbocycles. The summed E-state index contributed by atoms with van der Waals surface area (Å²) in [6, 6.07) is 10.6. The maximum Gasteiger partial charge on any atom is 0.263 e. The van der Waals surface area contributed by atoms with Crippen LogP contribution in [0.15, 0.2) is 41.2 Å². The average Bonchev–Trinajstić information content (AvgIpc) is 3.26. The quantitative estimate of drug-likeness (QED) is 0.430. The highest BCUT2D eigenvalue weighted by molar-refractivity contribution is 5.88. The molecule has 8 heteroatoms. The van der Waals surface area contributed by atoms with Gasteiger partial charge in [0, 0.05) is 32.7 Å². The number of benzene rings is 1. The van der Waals surface area contributed by atoms with Crippen LogP contribution in [-0.4, -0.2) is 58.7 Å². The van der Waals surface area contributed by atoms with Crippen molar-refractivity contribution in [2.45, 2.75) is 52.5 Å². The number of anilines is 1. The molecule has 34 heavy (non-hydrogen) atoms. The highest BCUT2D eigenvalue weighted by atomic mass is 16.5.